The third-order valence-corrected chi connectivity index (χ3v) is 6.55. The largest absolute Gasteiger partial charge is 0.381 e. The zero-order chi connectivity index (χ0) is 18.3. The summed E-state index contributed by atoms with van der Waals surface area (Å²) in [4.78, 5) is 16.7. The van der Waals surface area contributed by atoms with Gasteiger partial charge in [-0.1, -0.05) is 30.3 Å². The molecule has 138 valence electrons. The summed E-state index contributed by atoms with van der Waals surface area (Å²) in [5, 5.41) is 10.0. The Balaban J connectivity index is 1.74. The van der Waals surface area contributed by atoms with E-state index in [4.69, 9.17) is 0 Å². The first kappa shape index (κ1) is 18.4. The van der Waals surface area contributed by atoms with Crippen molar-refractivity contribution in [3.63, 3.8) is 0 Å². The third kappa shape index (κ3) is 3.34. The van der Waals surface area contributed by atoms with Crippen molar-refractivity contribution in [2.45, 2.75) is 57.1 Å². The smallest absolute Gasteiger partial charge is 0.253 e. The lowest BCUT2D eigenvalue weighted by Gasteiger charge is -2.49. The van der Waals surface area contributed by atoms with Crippen LogP contribution in [0.2, 0.25) is 0 Å². The van der Waals surface area contributed by atoms with E-state index in [1.165, 1.54) is 5.56 Å². The maximum Gasteiger partial charge on any atom is 0.253 e. The molecule has 1 aromatic rings. The molecule has 0 radical (unpaired) electrons. The lowest BCUT2D eigenvalue weighted by atomic mass is 9.64. The van der Waals surface area contributed by atoms with Crippen molar-refractivity contribution in [1.82, 2.24) is 9.80 Å². The van der Waals surface area contributed by atoms with Gasteiger partial charge in [0.2, 0.25) is 0 Å². The first-order chi connectivity index (χ1) is 11.7. The first-order valence-electron chi connectivity index (χ1n) is 9.43. The van der Waals surface area contributed by atoms with Gasteiger partial charge in [-0.05, 0) is 71.0 Å². The number of carbonyl (C=O) groups excluding carboxylic acids is 1. The minimum absolute atomic E-state index is 0.0974. The molecule has 1 aliphatic carbocycles. The van der Waals surface area contributed by atoms with E-state index in [9.17, 15) is 9.90 Å². The average Bonchev–Trinajstić information content (AvgIpc) is 2.98. The summed E-state index contributed by atoms with van der Waals surface area (Å²) in [6.07, 6.45) is 5.57. The summed E-state index contributed by atoms with van der Waals surface area (Å²) in [5.41, 5.74) is 0.463. The van der Waals surface area contributed by atoms with Crippen LogP contribution < -0.4 is 0 Å². The summed E-state index contributed by atoms with van der Waals surface area (Å²) in [6.45, 7) is 4.76. The molecule has 2 aliphatic rings. The highest BCUT2D eigenvalue weighted by Crippen LogP contribution is 2.51. The second-order valence-electron chi connectivity index (χ2n) is 8.83. The molecule has 1 heterocycles. The van der Waals surface area contributed by atoms with Crippen molar-refractivity contribution in [3.05, 3.63) is 35.9 Å². The lowest BCUT2D eigenvalue weighted by Crippen LogP contribution is -2.48. The Labute approximate surface area is 151 Å². The molecule has 0 bridgehead atoms. The summed E-state index contributed by atoms with van der Waals surface area (Å²) in [5.74, 6) is -0.128. The van der Waals surface area contributed by atoms with Crippen molar-refractivity contribution < 1.29 is 9.90 Å². The third-order valence-electron chi connectivity index (χ3n) is 6.55. The molecule has 2 fully saturated rings. The van der Waals surface area contributed by atoms with Crippen molar-refractivity contribution in [2.75, 3.05) is 27.2 Å². The van der Waals surface area contributed by atoms with Crippen molar-refractivity contribution >= 4 is 5.91 Å². The molecule has 0 unspecified atom stereocenters. The summed E-state index contributed by atoms with van der Waals surface area (Å²) in [6, 6.07) is 10.8. The second-order valence-corrected chi connectivity index (χ2v) is 8.83. The van der Waals surface area contributed by atoms with Crippen LogP contribution in [0.3, 0.4) is 0 Å². The minimum Gasteiger partial charge on any atom is -0.381 e. The van der Waals surface area contributed by atoms with Crippen LogP contribution in [-0.2, 0) is 10.3 Å². The number of benzene rings is 1. The number of likely N-dealkylation sites (tertiary alicyclic amines) is 1. The predicted molar refractivity (Wildman–Crippen MR) is 100 cm³/mol. The fourth-order valence-electron chi connectivity index (χ4n) is 4.84. The zero-order valence-electron chi connectivity index (χ0n) is 16.1. The summed E-state index contributed by atoms with van der Waals surface area (Å²) in [7, 11) is 4.37. The van der Waals surface area contributed by atoms with E-state index in [2.05, 4.69) is 49.3 Å². The zero-order valence-corrected chi connectivity index (χ0v) is 16.1. The number of carbonyl (C=O) groups is 1. The van der Waals surface area contributed by atoms with Crippen LogP contribution >= 0.6 is 0 Å². The number of amides is 1. The molecule has 1 aliphatic heterocycles. The van der Waals surface area contributed by atoms with Crippen molar-refractivity contribution in [1.29, 1.82) is 0 Å². The van der Waals surface area contributed by atoms with Crippen LogP contribution in [0.4, 0.5) is 0 Å². The van der Waals surface area contributed by atoms with Crippen LogP contribution in [0, 0.1) is 5.41 Å². The highest BCUT2D eigenvalue weighted by atomic mass is 16.3. The van der Waals surface area contributed by atoms with E-state index in [0.717, 1.165) is 45.2 Å². The van der Waals surface area contributed by atoms with Gasteiger partial charge in [0.05, 0.1) is 0 Å². The average molecular weight is 344 g/mol. The standard InChI is InChI=1S/C21H32N2O2/c1-19(2,25)18(24)23-15-14-20(16-23)10-12-21(13-11-20,22(3)4)17-8-6-5-7-9-17/h5-9,25H,10-16H2,1-4H3. The maximum absolute atomic E-state index is 12.4. The molecule has 0 atom stereocenters. The first-order valence-corrected chi connectivity index (χ1v) is 9.43. The van der Waals surface area contributed by atoms with E-state index < -0.39 is 5.60 Å². The maximum atomic E-state index is 12.4. The monoisotopic (exact) mass is 344 g/mol. The highest BCUT2D eigenvalue weighted by molar-refractivity contribution is 5.84. The molecule has 1 saturated carbocycles. The minimum atomic E-state index is -1.27. The predicted octanol–water partition coefficient (Wildman–Crippen LogP) is 3.01. The molecular formula is C21H32N2O2. The number of hydrogen-bond acceptors (Lipinski definition) is 3. The van der Waals surface area contributed by atoms with E-state index >= 15 is 0 Å². The fraction of sp³-hybridized carbons (Fsp3) is 0.667. The van der Waals surface area contributed by atoms with Crippen LogP contribution in [0.1, 0.15) is 51.5 Å². The molecule has 1 amide bonds. The SMILES string of the molecule is CN(C)C1(c2ccccc2)CCC2(CCN(C(=O)C(C)(C)O)C2)CC1. The summed E-state index contributed by atoms with van der Waals surface area (Å²) >= 11 is 0. The molecule has 25 heavy (non-hydrogen) atoms. The van der Waals surface area contributed by atoms with E-state index in [1.807, 2.05) is 4.90 Å². The molecule has 1 spiro atoms. The molecular weight excluding hydrogens is 312 g/mol. The van der Waals surface area contributed by atoms with E-state index in [0.29, 0.717) is 0 Å². The Morgan fingerprint density at radius 1 is 1.08 bits per heavy atom. The van der Waals surface area contributed by atoms with Crippen LogP contribution in [-0.4, -0.2) is 53.6 Å². The number of aliphatic hydroxyl groups is 1. The van der Waals surface area contributed by atoms with E-state index in [-0.39, 0.29) is 16.9 Å². The lowest BCUT2D eigenvalue weighted by molar-refractivity contribution is -0.147. The molecule has 1 aromatic carbocycles. The van der Waals surface area contributed by atoms with Gasteiger partial charge in [0, 0.05) is 18.6 Å². The number of rotatable bonds is 3. The Kier molecular flexibility index (Phi) is 4.71. The van der Waals surface area contributed by atoms with Gasteiger partial charge in [-0.25, -0.2) is 0 Å². The quantitative estimate of drug-likeness (QED) is 0.917. The number of hydrogen-bond donors (Lipinski definition) is 1. The van der Waals surface area contributed by atoms with Gasteiger partial charge in [0.25, 0.3) is 5.91 Å². The van der Waals surface area contributed by atoms with Gasteiger partial charge in [0.15, 0.2) is 0 Å². The Morgan fingerprint density at radius 2 is 1.68 bits per heavy atom. The Bertz CT molecular complexity index is 611. The molecule has 4 nitrogen and oxygen atoms in total. The van der Waals surface area contributed by atoms with Gasteiger partial charge in [-0.15, -0.1) is 0 Å². The van der Waals surface area contributed by atoms with Crippen LogP contribution in [0.5, 0.6) is 0 Å². The second kappa shape index (κ2) is 6.40. The van der Waals surface area contributed by atoms with Gasteiger partial charge >= 0.3 is 0 Å². The molecule has 1 saturated heterocycles. The fourth-order valence-corrected chi connectivity index (χ4v) is 4.84. The molecule has 0 aromatic heterocycles. The molecule has 3 rings (SSSR count). The normalized spacial score (nSPS) is 30.2. The highest BCUT2D eigenvalue weighted by Gasteiger charge is 2.49. The van der Waals surface area contributed by atoms with Crippen LogP contribution in [0.25, 0.3) is 0 Å². The van der Waals surface area contributed by atoms with Crippen LogP contribution in [0.15, 0.2) is 30.3 Å². The van der Waals surface area contributed by atoms with Crippen molar-refractivity contribution in [3.8, 4) is 0 Å². The van der Waals surface area contributed by atoms with Gasteiger partial charge in [-0.3, -0.25) is 9.69 Å². The molecule has 4 heteroatoms. The number of nitrogens with zero attached hydrogens (tertiary/aromatic N) is 2. The Hall–Kier alpha value is -1.39. The van der Waals surface area contributed by atoms with Gasteiger partial charge < -0.3 is 10.0 Å². The topological polar surface area (TPSA) is 43.8 Å². The Morgan fingerprint density at radius 3 is 2.20 bits per heavy atom. The molecule has 1 N–H and O–H groups in total. The van der Waals surface area contributed by atoms with E-state index in [1.54, 1.807) is 13.8 Å². The van der Waals surface area contributed by atoms with Gasteiger partial charge in [0.1, 0.15) is 5.60 Å². The summed E-state index contributed by atoms with van der Waals surface area (Å²) < 4.78 is 0. The van der Waals surface area contributed by atoms with Crippen molar-refractivity contribution in [2.24, 2.45) is 5.41 Å². The van der Waals surface area contributed by atoms with Gasteiger partial charge in [-0.2, -0.15) is 0 Å².